The van der Waals surface area contributed by atoms with Gasteiger partial charge in [0.25, 0.3) is 0 Å². The van der Waals surface area contributed by atoms with Gasteiger partial charge in [0.05, 0.1) is 0 Å². The molecule has 0 atom stereocenters. The number of ether oxygens (including phenoxy) is 2. The molecule has 30 heavy (non-hydrogen) atoms. The molecule has 6 rings (SSSR count). The second kappa shape index (κ2) is 7.76. The summed E-state index contributed by atoms with van der Waals surface area (Å²) < 4.78 is 12.6. The Labute approximate surface area is 187 Å². The number of benzene rings is 3. The van der Waals surface area contributed by atoms with Crippen LogP contribution in [0.5, 0.6) is 23.0 Å². The van der Waals surface area contributed by atoms with E-state index in [9.17, 15) is 0 Å². The molecule has 3 aromatic rings. The number of fused-ring (bicyclic) bond motifs is 4. The van der Waals surface area contributed by atoms with Crippen LogP contribution in [0.3, 0.4) is 0 Å². The summed E-state index contributed by atoms with van der Waals surface area (Å²) in [4.78, 5) is 0. The second-order valence-corrected chi connectivity index (χ2v) is 8.64. The first kappa shape index (κ1) is 21.0. The van der Waals surface area contributed by atoms with Gasteiger partial charge in [-0.3, -0.25) is 0 Å². The molecule has 0 amide bonds. The van der Waals surface area contributed by atoms with Gasteiger partial charge in [-0.05, 0) is 47.5 Å². The van der Waals surface area contributed by atoms with Crippen molar-refractivity contribution in [2.24, 2.45) is 0 Å². The first-order valence-corrected chi connectivity index (χ1v) is 10.4. The van der Waals surface area contributed by atoms with Crippen LogP contribution in [0, 0.1) is 27.8 Å². The van der Waals surface area contributed by atoms with Gasteiger partial charge in [0.15, 0.2) is 0 Å². The zero-order valence-electron chi connectivity index (χ0n) is 17.5. The Bertz CT molecular complexity index is 1090. The van der Waals surface area contributed by atoms with Crippen molar-refractivity contribution in [3.05, 3.63) is 73.7 Å². The van der Waals surface area contributed by atoms with E-state index < -0.39 is 0 Å². The van der Waals surface area contributed by atoms with Gasteiger partial charge in [-0.1, -0.05) is 44.4 Å². The molecule has 0 spiro atoms. The zero-order chi connectivity index (χ0) is 18.7. The minimum Gasteiger partial charge on any atom is -0.518 e. The van der Waals surface area contributed by atoms with Crippen molar-refractivity contribution in [1.29, 1.82) is 0 Å². The van der Waals surface area contributed by atoms with Gasteiger partial charge in [0, 0.05) is 25.5 Å². The third-order valence-corrected chi connectivity index (χ3v) is 6.90. The fraction of sp³-hybridized carbons (Fsp3) is 0.269. The van der Waals surface area contributed by atoms with E-state index in [-0.39, 0.29) is 33.8 Å². The standard InChI is InChI=1S/C25H22BO2.CH3.Am/c1-25(14-5-2-6-15-25)17-12-13-19-23(16-17)28-22-11-7-10-21-24(22)26(19)18-8-3-4-9-20(18)27-21;;/h3,7-13,16H,2,5-6,14-15H2,1H3;1H3;/q2*-1;. The van der Waals surface area contributed by atoms with E-state index in [0.717, 1.165) is 28.5 Å². The summed E-state index contributed by atoms with van der Waals surface area (Å²) in [7, 11) is 0. The van der Waals surface area contributed by atoms with Crippen LogP contribution in [0.4, 0.5) is 0 Å². The van der Waals surface area contributed by atoms with Crippen molar-refractivity contribution in [3.8, 4) is 23.0 Å². The summed E-state index contributed by atoms with van der Waals surface area (Å²) in [6, 6.07) is 22.2. The first-order valence-electron chi connectivity index (χ1n) is 10.4. The largest absolute Gasteiger partial charge is 0.518 e. The molecule has 2 aliphatic heterocycles. The van der Waals surface area contributed by atoms with Crippen LogP contribution in [-0.2, 0) is 5.41 Å². The molecule has 4 heteroatoms. The Kier molecular flexibility index (Phi) is 5.42. The predicted octanol–water partition coefficient (Wildman–Crippen LogP) is 4.89. The van der Waals surface area contributed by atoms with E-state index in [0.29, 0.717) is 0 Å². The molecule has 3 aliphatic rings. The molecule has 153 valence electrons. The summed E-state index contributed by atoms with van der Waals surface area (Å²) in [5, 5.41) is 0. The molecule has 1 saturated carbocycles. The number of hydrogen-bond donors (Lipinski definition) is 0. The Morgan fingerprint density at radius 2 is 1.57 bits per heavy atom. The van der Waals surface area contributed by atoms with E-state index >= 15 is 0 Å². The molecule has 2 heterocycles. The molecule has 0 bridgehead atoms. The maximum absolute atomic E-state index is 6.43. The Morgan fingerprint density at radius 3 is 2.33 bits per heavy atom. The first-order chi connectivity index (χ1) is 13.7. The molecule has 1 fully saturated rings. The van der Waals surface area contributed by atoms with Gasteiger partial charge < -0.3 is 16.9 Å². The SMILES string of the molecule is CC1(c2ccc3c(c2)Oc2cccc4c2B3c2cc[c-]cc2O4)CCCCC1.[Am].[CH3-]. The van der Waals surface area contributed by atoms with Crippen LogP contribution in [-0.4, -0.2) is 6.71 Å². The Hall–Kier alpha value is -2.29. The van der Waals surface area contributed by atoms with Gasteiger partial charge in [-0.25, -0.2) is 0 Å². The maximum Gasteiger partial charge on any atom is 0.235 e. The van der Waals surface area contributed by atoms with E-state index in [1.54, 1.807) is 0 Å². The topological polar surface area (TPSA) is 18.5 Å². The Balaban J connectivity index is 0.00000109. The number of hydrogen-bond acceptors (Lipinski definition) is 2. The molecule has 0 N–H and O–H groups in total. The average Bonchev–Trinajstić information content (AvgIpc) is 2.73. The zero-order valence-corrected chi connectivity index (χ0v) is 20.7. The smallest absolute Gasteiger partial charge is 0.235 e. The van der Waals surface area contributed by atoms with Crippen molar-refractivity contribution >= 4 is 23.1 Å². The van der Waals surface area contributed by atoms with Crippen molar-refractivity contribution in [3.63, 3.8) is 0 Å². The van der Waals surface area contributed by atoms with E-state index in [4.69, 9.17) is 9.47 Å². The van der Waals surface area contributed by atoms with Crippen LogP contribution in [0.1, 0.15) is 44.6 Å². The van der Waals surface area contributed by atoms with Crippen molar-refractivity contribution < 1.29 is 23.8 Å². The summed E-state index contributed by atoms with van der Waals surface area (Å²) in [5.41, 5.74) is 5.25. The van der Waals surface area contributed by atoms with Gasteiger partial charge in [-0.15, -0.1) is 11.5 Å². The molecule has 0 unspecified atom stereocenters. The number of rotatable bonds is 1. The van der Waals surface area contributed by atoms with Gasteiger partial charge in [0.2, 0.25) is 6.71 Å². The monoisotopic (exact) mass is 621 g/mol. The quantitative estimate of drug-likeness (QED) is 0.196. The van der Waals surface area contributed by atoms with Gasteiger partial charge >= 0.3 is 0 Å². The Morgan fingerprint density at radius 1 is 0.867 bits per heavy atom. The molecular weight excluding hydrogens is 598 g/mol. The summed E-state index contributed by atoms with van der Waals surface area (Å²) in [5.74, 6) is 3.70. The minimum absolute atomic E-state index is 0. The van der Waals surface area contributed by atoms with Gasteiger partial charge in [-0.2, -0.15) is 18.2 Å². The van der Waals surface area contributed by atoms with Crippen LogP contribution >= 0.6 is 0 Å². The molecule has 0 saturated heterocycles. The summed E-state index contributed by atoms with van der Waals surface area (Å²) in [6.45, 7) is 2.57. The molecule has 2 nitrogen and oxygen atoms in total. The summed E-state index contributed by atoms with van der Waals surface area (Å²) >= 11 is 0. The van der Waals surface area contributed by atoms with E-state index in [1.807, 2.05) is 24.3 Å². The second-order valence-electron chi connectivity index (χ2n) is 8.64. The minimum atomic E-state index is 0. The van der Waals surface area contributed by atoms with Crippen LogP contribution in [0.2, 0.25) is 0 Å². The van der Waals surface area contributed by atoms with Crippen molar-refractivity contribution in [1.82, 2.24) is 0 Å². The van der Waals surface area contributed by atoms with Crippen LogP contribution in [0.15, 0.2) is 54.6 Å². The predicted molar refractivity (Wildman–Crippen MR) is 120 cm³/mol. The van der Waals surface area contributed by atoms with Crippen molar-refractivity contribution in [2.45, 2.75) is 44.4 Å². The molecule has 3 aromatic carbocycles. The fourth-order valence-electron chi connectivity index (χ4n) is 5.31. The normalized spacial score (nSPS) is 17.0. The molecule has 0 aromatic heterocycles. The van der Waals surface area contributed by atoms with Crippen LogP contribution < -0.4 is 25.9 Å². The van der Waals surface area contributed by atoms with E-state index in [2.05, 4.69) is 43.3 Å². The third kappa shape index (κ3) is 3.05. The molecular formula is C26H25AmBO2-2. The molecule has 1 aliphatic carbocycles. The van der Waals surface area contributed by atoms with E-state index in [1.165, 1.54) is 48.6 Å². The fourth-order valence-corrected chi connectivity index (χ4v) is 5.31. The maximum atomic E-state index is 6.43. The average molecular weight is 623 g/mol. The van der Waals surface area contributed by atoms with Crippen molar-refractivity contribution in [2.75, 3.05) is 0 Å². The third-order valence-electron chi connectivity index (χ3n) is 6.90. The van der Waals surface area contributed by atoms with Gasteiger partial charge in [0.1, 0.15) is 17.2 Å². The molecule has 1 radical (unpaired) electrons. The summed E-state index contributed by atoms with van der Waals surface area (Å²) in [6.07, 6.45) is 6.54. The van der Waals surface area contributed by atoms with Crippen LogP contribution in [0.25, 0.3) is 0 Å².